The molecule has 5 nitrogen and oxygen atoms in total. The number of ether oxygens (including phenoxy) is 1. The number of aliphatic imine (C=N–C) groups is 1. The Morgan fingerprint density at radius 2 is 2.00 bits per heavy atom. The molecule has 1 fully saturated rings. The van der Waals surface area contributed by atoms with Gasteiger partial charge >= 0.3 is 0 Å². The van der Waals surface area contributed by atoms with E-state index in [2.05, 4.69) is 52.1 Å². The van der Waals surface area contributed by atoms with Crippen molar-refractivity contribution in [3.63, 3.8) is 0 Å². The number of nitrogens with one attached hydrogen (secondary N) is 2. The third-order valence-electron chi connectivity index (χ3n) is 4.52. The second kappa shape index (κ2) is 10.7. The molecule has 1 aliphatic rings. The summed E-state index contributed by atoms with van der Waals surface area (Å²) in [6.45, 7) is 7.79. The molecular formula is C20H27ClN4OS. The largest absolute Gasteiger partial charge is 0.379 e. The maximum atomic E-state index is 6.08. The lowest BCUT2D eigenvalue weighted by molar-refractivity contribution is 0.0170. The summed E-state index contributed by atoms with van der Waals surface area (Å²) in [6, 6.07) is 12.6. The first-order valence-corrected chi connectivity index (χ1v) is 10.6. The zero-order chi connectivity index (χ0) is 18.9. The molecule has 7 heteroatoms. The number of nitrogens with zero attached hydrogens (tertiary/aromatic N) is 2. The molecular weight excluding hydrogens is 380 g/mol. The van der Waals surface area contributed by atoms with Crippen molar-refractivity contribution in [2.75, 3.05) is 39.4 Å². The number of benzene rings is 1. The van der Waals surface area contributed by atoms with Gasteiger partial charge in [-0.3, -0.25) is 4.90 Å². The molecule has 0 saturated carbocycles. The molecule has 0 spiro atoms. The molecule has 0 aliphatic carbocycles. The number of guanidine groups is 1. The van der Waals surface area contributed by atoms with Crippen molar-refractivity contribution in [2.45, 2.75) is 19.5 Å². The molecule has 3 rings (SSSR count). The van der Waals surface area contributed by atoms with Crippen molar-refractivity contribution in [1.82, 2.24) is 15.5 Å². The molecule has 0 amide bonds. The lowest BCUT2D eigenvalue weighted by Gasteiger charge is -2.35. The Morgan fingerprint density at radius 3 is 2.67 bits per heavy atom. The van der Waals surface area contributed by atoms with Gasteiger partial charge in [0.2, 0.25) is 0 Å². The average Bonchev–Trinajstić information content (AvgIpc) is 3.22. The van der Waals surface area contributed by atoms with Crippen LogP contribution in [0.25, 0.3) is 0 Å². The number of rotatable bonds is 7. The minimum absolute atomic E-state index is 0.247. The molecule has 1 saturated heterocycles. The fourth-order valence-electron chi connectivity index (χ4n) is 3.13. The van der Waals surface area contributed by atoms with E-state index < -0.39 is 0 Å². The van der Waals surface area contributed by atoms with E-state index in [9.17, 15) is 0 Å². The molecule has 2 heterocycles. The van der Waals surface area contributed by atoms with Gasteiger partial charge in [-0.25, -0.2) is 4.99 Å². The average molecular weight is 407 g/mol. The van der Waals surface area contributed by atoms with E-state index in [1.807, 2.05) is 12.1 Å². The topological polar surface area (TPSA) is 48.9 Å². The molecule has 0 bridgehead atoms. The van der Waals surface area contributed by atoms with Crippen molar-refractivity contribution < 1.29 is 4.74 Å². The molecule has 2 N–H and O–H groups in total. The van der Waals surface area contributed by atoms with Gasteiger partial charge in [0.15, 0.2) is 5.96 Å². The Kier molecular flexibility index (Phi) is 7.95. The van der Waals surface area contributed by atoms with Crippen LogP contribution in [0.1, 0.15) is 23.4 Å². The molecule has 1 atom stereocenters. The zero-order valence-electron chi connectivity index (χ0n) is 15.7. The summed E-state index contributed by atoms with van der Waals surface area (Å²) < 4.78 is 5.53. The van der Waals surface area contributed by atoms with E-state index >= 15 is 0 Å². The van der Waals surface area contributed by atoms with E-state index in [0.29, 0.717) is 6.54 Å². The predicted molar refractivity (Wildman–Crippen MR) is 114 cm³/mol. The summed E-state index contributed by atoms with van der Waals surface area (Å²) in [4.78, 5) is 8.44. The quantitative estimate of drug-likeness (QED) is 0.545. The highest BCUT2D eigenvalue weighted by atomic mass is 35.5. The maximum absolute atomic E-state index is 6.08. The summed E-state index contributed by atoms with van der Waals surface area (Å²) in [7, 11) is 0. The van der Waals surface area contributed by atoms with E-state index in [4.69, 9.17) is 21.3 Å². The smallest absolute Gasteiger partial charge is 0.191 e. The van der Waals surface area contributed by atoms with Gasteiger partial charge in [0.05, 0.1) is 25.8 Å². The number of hydrogen-bond acceptors (Lipinski definition) is 4. The molecule has 1 aliphatic heterocycles. The lowest BCUT2D eigenvalue weighted by Crippen LogP contribution is -2.46. The predicted octanol–water partition coefficient (Wildman–Crippen LogP) is 3.53. The summed E-state index contributed by atoms with van der Waals surface area (Å²) in [5.74, 6) is 0.845. The first-order chi connectivity index (χ1) is 13.3. The highest BCUT2D eigenvalue weighted by Crippen LogP contribution is 2.23. The van der Waals surface area contributed by atoms with E-state index in [1.54, 1.807) is 11.3 Å². The molecule has 27 heavy (non-hydrogen) atoms. The second-order valence-electron chi connectivity index (χ2n) is 6.37. The Morgan fingerprint density at radius 1 is 1.22 bits per heavy atom. The van der Waals surface area contributed by atoms with Crippen LogP contribution in [0.3, 0.4) is 0 Å². The fraction of sp³-hybridized carbons (Fsp3) is 0.450. The van der Waals surface area contributed by atoms with Crippen LogP contribution in [0.4, 0.5) is 0 Å². The van der Waals surface area contributed by atoms with Crippen LogP contribution in [0, 0.1) is 0 Å². The standard InChI is InChI=1S/C20H27ClN4OS/c1-2-22-20(23-14-18-4-3-13-27-18)24-15-19(25-9-11-26-12-10-25)16-5-7-17(21)8-6-16/h3-8,13,19H,2,9-12,14-15H2,1H3,(H2,22,23,24). The van der Waals surface area contributed by atoms with Crippen molar-refractivity contribution in [2.24, 2.45) is 4.99 Å². The summed E-state index contributed by atoms with van der Waals surface area (Å²) >= 11 is 7.81. The normalized spacial score (nSPS) is 16.9. The minimum atomic E-state index is 0.247. The first-order valence-electron chi connectivity index (χ1n) is 9.38. The van der Waals surface area contributed by atoms with Crippen molar-refractivity contribution >= 4 is 28.9 Å². The lowest BCUT2D eigenvalue weighted by atomic mass is 10.0. The van der Waals surface area contributed by atoms with Gasteiger partial charge in [-0.2, -0.15) is 0 Å². The van der Waals surface area contributed by atoms with Crippen molar-refractivity contribution in [3.05, 3.63) is 57.2 Å². The van der Waals surface area contributed by atoms with Crippen molar-refractivity contribution in [1.29, 1.82) is 0 Å². The highest BCUT2D eigenvalue weighted by Gasteiger charge is 2.22. The van der Waals surface area contributed by atoms with Crippen LogP contribution >= 0.6 is 22.9 Å². The van der Waals surface area contributed by atoms with Gasteiger partial charge in [0, 0.05) is 36.1 Å². The Labute approximate surface area is 170 Å². The Balaban J connectivity index is 1.69. The van der Waals surface area contributed by atoms with Crippen LogP contribution in [0.15, 0.2) is 46.8 Å². The highest BCUT2D eigenvalue weighted by molar-refractivity contribution is 7.09. The van der Waals surface area contributed by atoms with Gasteiger partial charge in [0.1, 0.15) is 0 Å². The van der Waals surface area contributed by atoms with E-state index in [1.165, 1.54) is 10.4 Å². The monoisotopic (exact) mass is 406 g/mol. The van der Waals surface area contributed by atoms with E-state index in [0.717, 1.165) is 50.4 Å². The number of hydrogen-bond donors (Lipinski definition) is 2. The third-order valence-corrected chi connectivity index (χ3v) is 5.63. The molecule has 0 radical (unpaired) electrons. The van der Waals surface area contributed by atoms with Crippen LogP contribution in [0.5, 0.6) is 0 Å². The van der Waals surface area contributed by atoms with Crippen LogP contribution in [-0.2, 0) is 11.3 Å². The molecule has 1 unspecified atom stereocenters. The maximum Gasteiger partial charge on any atom is 0.191 e. The summed E-state index contributed by atoms with van der Waals surface area (Å²) in [6.07, 6.45) is 0. The van der Waals surface area contributed by atoms with Gasteiger partial charge < -0.3 is 15.4 Å². The van der Waals surface area contributed by atoms with Gasteiger partial charge in [-0.05, 0) is 36.1 Å². The molecule has 1 aromatic carbocycles. The van der Waals surface area contributed by atoms with Crippen LogP contribution in [-0.4, -0.2) is 50.3 Å². The third kappa shape index (κ3) is 6.21. The molecule has 1 aromatic heterocycles. The Hall–Kier alpha value is -1.60. The SMILES string of the molecule is CCNC(=NCc1cccs1)NCC(c1ccc(Cl)cc1)N1CCOCC1. The van der Waals surface area contributed by atoms with Crippen LogP contribution in [0.2, 0.25) is 5.02 Å². The summed E-state index contributed by atoms with van der Waals surface area (Å²) in [5, 5.41) is 9.71. The molecule has 2 aromatic rings. The summed E-state index contributed by atoms with van der Waals surface area (Å²) in [5.41, 5.74) is 1.25. The van der Waals surface area contributed by atoms with Crippen molar-refractivity contribution in [3.8, 4) is 0 Å². The van der Waals surface area contributed by atoms with E-state index in [-0.39, 0.29) is 6.04 Å². The van der Waals surface area contributed by atoms with Gasteiger partial charge in [0.25, 0.3) is 0 Å². The van der Waals surface area contributed by atoms with Gasteiger partial charge in [-0.15, -0.1) is 11.3 Å². The molecule has 146 valence electrons. The number of morpholine rings is 1. The second-order valence-corrected chi connectivity index (χ2v) is 7.84. The zero-order valence-corrected chi connectivity index (χ0v) is 17.2. The fourth-order valence-corrected chi connectivity index (χ4v) is 3.88. The van der Waals surface area contributed by atoms with Crippen LogP contribution < -0.4 is 10.6 Å². The number of thiophene rings is 1. The minimum Gasteiger partial charge on any atom is -0.379 e. The first kappa shape index (κ1) is 20.1. The Bertz CT molecular complexity index is 699. The van der Waals surface area contributed by atoms with Gasteiger partial charge in [-0.1, -0.05) is 29.8 Å². The number of halogens is 1.